The lowest BCUT2D eigenvalue weighted by molar-refractivity contribution is 0.183. The summed E-state index contributed by atoms with van der Waals surface area (Å²) >= 11 is 0. The quantitative estimate of drug-likeness (QED) is 0.738. The fraction of sp³-hybridized carbons (Fsp3) is 0.545. The predicted octanol–water partition coefficient (Wildman–Crippen LogP) is 1.11. The minimum atomic E-state index is 0.294. The summed E-state index contributed by atoms with van der Waals surface area (Å²) in [6, 6.07) is 6.38. The van der Waals surface area contributed by atoms with Gasteiger partial charge in [0.2, 0.25) is 0 Å². The van der Waals surface area contributed by atoms with Crippen molar-refractivity contribution >= 4 is 0 Å². The van der Waals surface area contributed by atoms with Gasteiger partial charge in [0, 0.05) is 25.4 Å². The molecule has 1 aliphatic heterocycles. The highest BCUT2D eigenvalue weighted by atomic mass is 16.3. The highest BCUT2D eigenvalue weighted by Crippen LogP contribution is 2.23. The van der Waals surface area contributed by atoms with Crippen molar-refractivity contribution in [2.45, 2.75) is 18.9 Å². The van der Waals surface area contributed by atoms with E-state index in [1.807, 2.05) is 18.3 Å². The maximum absolute atomic E-state index is 8.99. The zero-order chi connectivity index (χ0) is 9.80. The van der Waals surface area contributed by atoms with Crippen LogP contribution in [-0.4, -0.2) is 23.2 Å². The van der Waals surface area contributed by atoms with Gasteiger partial charge in [-0.15, -0.1) is 0 Å². The first-order valence-electron chi connectivity index (χ1n) is 5.15. The number of aliphatic hydroxyl groups is 1. The van der Waals surface area contributed by atoms with Crippen LogP contribution in [0, 0.1) is 5.92 Å². The van der Waals surface area contributed by atoms with Crippen molar-refractivity contribution in [1.82, 2.24) is 10.3 Å². The van der Waals surface area contributed by atoms with E-state index in [9.17, 15) is 0 Å². The van der Waals surface area contributed by atoms with E-state index in [1.54, 1.807) is 0 Å². The van der Waals surface area contributed by atoms with Crippen LogP contribution in [0.25, 0.3) is 0 Å². The minimum absolute atomic E-state index is 0.294. The molecule has 0 aliphatic carbocycles. The third-order valence-electron chi connectivity index (χ3n) is 2.82. The lowest BCUT2D eigenvalue weighted by Crippen LogP contribution is -2.35. The Bertz CT molecular complexity index is 268. The number of nitrogens with zero attached hydrogens (tertiary/aromatic N) is 1. The summed E-state index contributed by atoms with van der Waals surface area (Å²) in [6.45, 7) is 1.19. The normalized spacial score (nSPS) is 27.5. The Morgan fingerprint density at radius 2 is 2.36 bits per heavy atom. The van der Waals surface area contributed by atoms with Crippen molar-refractivity contribution in [2.75, 3.05) is 13.2 Å². The molecule has 1 aromatic rings. The molecule has 2 atom stereocenters. The Morgan fingerprint density at radius 3 is 2.93 bits per heavy atom. The molecule has 76 valence electrons. The Kier molecular flexibility index (Phi) is 3.11. The average molecular weight is 192 g/mol. The summed E-state index contributed by atoms with van der Waals surface area (Å²) in [5, 5.41) is 12.4. The molecule has 3 nitrogen and oxygen atoms in total. The summed E-state index contributed by atoms with van der Waals surface area (Å²) in [7, 11) is 0. The van der Waals surface area contributed by atoms with Gasteiger partial charge < -0.3 is 10.4 Å². The first kappa shape index (κ1) is 9.62. The van der Waals surface area contributed by atoms with Crippen molar-refractivity contribution in [1.29, 1.82) is 0 Å². The summed E-state index contributed by atoms with van der Waals surface area (Å²) in [6.07, 6.45) is 3.99. The first-order valence-corrected chi connectivity index (χ1v) is 5.15. The van der Waals surface area contributed by atoms with Crippen LogP contribution < -0.4 is 5.32 Å². The molecule has 0 spiro atoms. The highest BCUT2D eigenvalue weighted by Gasteiger charge is 2.21. The molecule has 1 fully saturated rings. The summed E-state index contributed by atoms with van der Waals surface area (Å²) in [5.74, 6) is 0.426. The SMILES string of the molecule is OCC1CCC(c2ccccn2)NC1. The number of nitrogens with one attached hydrogen (secondary N) is 1. The van der Waals surface area contributed by atoms with Crippen molar-refractivity contribution in [3.8, 4) is 0 Å². The average Bonchev–Trinajstić information content (AvgIpc) is 2.30. The van der Waals surface area contributed by atoms with Crippen LogP contribution in [0.1, 0.15) is 24.6 Å². The van der Waals surface area contributed by atoms with Crippen LogP contribution in [-0.2, 0) is 0 Å². The Labute approximate surface area is 84.2 Å². The molecule has 2 N–H and O–H groups in total. The van der Waals surface area contributed by atoms with E-state index >= 15 is 0 Å². The first-order chi connectivity index (χ1) is 6.90. The van der Waals surface area contributed by atoms with Gasteiger partial charge in [-0.1, -0.05) is 6.07 Å². The van der Waals surface area contributed by atoms with Crippen LogP contribution in [0.4, 0.5) is 0 Å². The van der Waals surface area contributed by atoms with Gasteiger partial charge in [-0.25, -0.2) is 0 Å². The van der Waals surface area contributed by atoms with E-state index in [0.717, 1.165) is 25.1 Å². The largest absolute Gasteiger partial charge is 0.396 e. The predicted molar refractivity (Wildman–Crippen MR) is 54.8 cm³/mol. The van der Waals surface area contributed by atoms with Crippen LogP contribution in [0.2, 0.25) is 0 Å². The molecule has 14 heavy (non-hydrogen) atoms. The minimum Gasteiger partial charge on any atom is -0.396 e. The number of pyridine rings is 1. The van der Waals surface area contributed by atoms with E-state index in [-0.39, 0.29) is 0 Å². The Morgan fingerprint density at radius 1 is 1.43 bits per heavy atom. The summed E-state index contributed by atoms with van der Waals surface area (Å²) in [4.78, 5) is 4.33. The van der Waals surface area contributed by atoms with E-state index in [2.05, 4.69) is 16.4 Å². The number of rotatable bonds is 2. The standard InChI is InChI=1S/C11H16N2O/c14-8-9-4-5-11(13-7-9)10-3-1-2-6-12-10/h1-3,6,9,11,13-14H,4-5,7-8H2. The van der Waals surface area contributed by atoms with Gasteiger partial charge in [0.15, 0.2) is 0 Å². The van der Waals surface area contributed by atoms with Crippen molar-refractivity contribution in [3.05, 3.63) is 30.1 Å². The number of aliphatic hydroxyl groups excluding tert-OH is 1. The molecule has 2 unspecified atom stereocenters. The van der Waals surface area contributed by atoms with Crippen LogP contribution >= 0.6 is 0 Å². The van der Waals surface area contributed by atoms with Gasteiger partial charge in [-0.3, -0.25) is 4.98 Å². The molecular weight excluding hydrogens is 176 g/mol. The van der Waals surface area contributed by atoms with Gasteiger partial charge >= 0.3 is 0 Å². The van der Waals surface area contributed by atoms with E-state index in [4.69, 9.17) is 5.11 Å². The molecule has 0 saturated carbocycles. The van der Waals surface area contributed by atoms with E-state index in [1.165, 1.54) is 0 Å². The number of aromatic nitrogens is 1. The molecule has 2 rings (SSSR count). The monoisotopic (exact) mass is 192 g/mol. The second kappa shape index (κ2) is 4.53. The molecular formula is C11H16N2O. The molecule has 1 aromatic heterocycles. The second-order valence-electron chi connectivity index (χ2n) is 3.84. The number of piperidine rings is 1. The van der Waals surface area contributed by atoms with Crippen molar-refractivity contribution < 1.29 is 5.11 Å². The molecule has 1 saturated heterocycles. The lowest BCUT2D eigenvalue weighted by atomic mass is 9.94. The van der Waals surface area contributed by atoms with Crippen molar-refractivity contribution in [2.24, 2.45) is 5.92 Å². The number of hydrogen-bond donors (Lipinski definition) is 2. The topological polar surface area (TPSA) is 45.2 Å². The van der Waals surface area contributed by atoms with E-state index < -0.39 is 0 Å². The fourth-order valence-corrected chi connectivity index (χ4v) is 1.91. The molecule has 1 aliphatic rings. The van der Waals surface area contributed by atoms with Crippen LogP contribution in [0.15, 0.2) is 24.4 Å². The summed E-state index contributed by atoms with van der Waals surface area (Å²) in [5.41, 5.74) is 1.11. The Hall–Kier alpha value is -0.930. The Balaban J connectivity index is 1.96. The van der Waals surface area contributed by atoms with Gasteiger partial charge in [-0.2, -0.15) is 0 Å². The summed E-state index contributed by atoms with van der Waals surface area (Å²) < 4.78 is 0. The molecule has 0 radical (unpaired) electrons. The molecule has 2 heterocycles. The molecule has 3 heteroatoms. The van der Waals surface area contributed by atoms with Crippen molar-refractivity contribution in [3.63, 3.8) is 0 Å². The maximum Gasteiger partial charge on any atom is 0.0573 e. The molecule has 0 bridgehead atoms. The van der Waals surface area contributed by atoms with Crippen LogP contribution in [0.3, 0.4) is 0 Å². The molecule has 0 amide bonds. The third kappa shape index (κ3) is 2.11. The second-order valence-corrected chi connectivity index (χ2v) is 3.84. The zero-order valence-corrected chi connectivity index (χ0v) is 8.19. The van der Waals surface area contributed by atoms with Gasteiger partial charge in [0.05, 0.1) is 5.69 Å². The lowest BCUT2D eigenvalue weighted by Gasteiger charge is -2.28. The zero-order valence-electron chi connectivity index (χ0n) is 8.19. The van der Waals surface area contributed by atoms with Gasteiger partial charge in [0.25, 0.3) is 0 Å². The van der Waals surface area contributed by atoms with E-state index in [0.29, 0.717) is 18.6 Å². The third-order valence-corrected chi connectivity index (χ3v) is 2.82. The van der Waals surface area contributed by atoms with Gasteiger partial charge in [0.1, 0.15) is 0 Å². The van der Waals surface area contributed by atoms with Gasteiger partial charge in [-0.05, 0) is 30.9 Å². The number of hydrogen-bond acceptors (Lipinski definition) is 3. The highest BCUT2D eigenvalue weighted by molar-refractivity contribution is 5.09. The maximum atomic E-state index is 8.99. The fourth-order valence-electron chi connectivity index (χ4n) is 1.91. The smallest absolute Gasteiger partial charge is 0.0573 e. The van der Waals surface area contributed by atoms with Crippen LogP contribution in [0.5, 0.6) is 0 Å². The molecule has 0 aromatic carbocycles.